The normalized spacial score (nSPS) is 12.0. The fourth-order valence-corrected chi connectivity index (χ4v) is 3.07. The fourth-order valence-electron chi connectivity index (χ4n) is 3.07. The van der Waals surface area contributed by atoms with Crippen molar-refractivity contribution in [2.45, 2.75) is 25.4 Å². The minimum Gasteiger partial charge on any atom is -0.389 e. The van der Waals surface area contributed by atoms with Crippen LogP contribution in [-0.4, -0.2) is 11.0 Å². The van der Waals surface area contributed by atoms with E-state index in [2.05, 4.69) is 29.6 Å². The average molecular weight is 345 g/mol. The van der Waals surface area contributed by atoms with Gasteiger partial charge in [-0.05, 0) is 35.7 Å². The van der Waals surface area contributed by atoms with Gasteiger partial charge in [-0.15, -0.1) is 0 Å². The van der Waals surface area contributed by atoms with E-state index in [9.17, 15) is 9.90 Å². The van der Waals surface area contributed by atoms with Gasteiger partial charge in [-0.3, -0.25) is 4.79 Å². The SMILES string of the molecule is C[C@@H](O)c1cccc(NC(=O)CC(c2ccccc2)c2ccccc2)c1. The third-order valence-corrected chi connectivity index (χ3v) is 4.45. The molecule has 3 aromatic carbocycles. The third-order valence-electron chi connectivity index (χ3n) is 4.45. The largest absolute Gasteiger partial charge is 0.389 e. The Balaban J connectivity index is 1.79. The summed E-state index contributed by atoms with van der Waals surface area (Å²) < 4.78 is 0. The van der Waals surface area contributed by atoms with Crippen molar-refractivity contribution in [3.05, 3.63) is 102 Å². The number of carbonyl (C=O) groups is 1. The zero-order valence-electron chi connectivity index (χ0n) is 14.8. The van der Waals surface area contributed by atoms with Crippen molar-refractivity contribution in [3.8, 4) is 0 Å². The molecule has 26 heavy (non-hydrogen) atoms. The van der Waals surface area contributed by atoms with E-state index >= 15 is 0 Å². The molecule has 3 heteroatoms. The van der Waals surface area contributed by atoms with Crippen LogP contribution < -0.4 is 5.32 Å². The third kappa shape index (κ3) is 4.58. The molecule has 0 spiro atoms. The number of rotatable bonds is 6. The standard InChI is InChI=1S/C23H23NO2/c1-17(25)20-13-8-14-21(15-20)24-23(26)16-22(18-9-4-2-5-10-18)19-11-6-3-7-12-19/h2-15,17,22,25H,16H2,1H3,(H,24,26)/t17-/m1/s1. The van der Waals surface area contributed by atoms with E-state index in [1.165, 1.54) is 0 Å². The second kappa shape index (κ2) is 8.45. The van der Waals surface area contributed by atoms with Crippen molar-refractivity contribution in [1.29, 1.82) is 0 Å². The van der Waals surface area contributed by atoms with Crippen molar-refractivity contribution in [2.24, 2.45) is 0 Å². The Labute approximate surface area is 154 Å². The second-order valence-corrected chi connectivity index (χ2v) is 6.43. The number of hydrogen-bond acceptors (Lipinski definition) is 2. The topological polar surface area (TPSA) is 49.3 Å². The number of carbonyl (C=O) groups excluding carboxylic acids is 1. The van der Waals surface area contributed by atoms with Crippen molar-refractivity contribution in [2.75, 3.05) is 5.32 Å². The number of aliphatic hydroxyl groups excluding tert-OH is 1. The van der Waals surface area contributed by atoms with Gasteiger partial charge in [0.05, 0.1) is 6.10 Å². The van der Waals surface area contributed by atoms with Crippen LogP contribution >= 0.6 is 0 Å². The number of aliphatic hydroxyl groups is 1. The molecule has 0 unspecified atom stereocenters. The Morgan fingerprint density at radius 1 is 0.846 bits per heavy atom. The molecule has 0 saturated carbocycles. The summed E-state index contributed by atoms with van der Waals surface area (Å²) in [6.45, 7) is 1.71. The summed E-state index contributed by atoms with van der Waals surface area (Å²) in [6.07, 6.45) is -0.208. The van der Waals surface area contributed by atoms with Crippen LogP contribution in [0.25, 0.3) is 0 Å². The van der Waals surface area contributed by atoms with Crippen molar-refractivity contribution >= 4 is 11.6 Å². The van der Waals surface area contributed by atoms with Crippen LogP contribution in [0.3, 0.4) is 0 Å². The molecule has 0 aliphatic rings. The number of benzene rings is 3. The van der Waals surface area contributed by atoms with Gasteiger partial charge in [0.2, 0.25) is 5.91 Å². The molecule has 0 radical (unpaired) electrons. The molecule has 3 nitrogen and oxygen atoms in total. The molecule has 1 atom stereocenters. The van der Waals surface area contributed by atoms with E-state index in [0.29, 0.717) is 12.1 Å². The molecular formula is C23H23NO2. The lowest BCUT2D eigenvalue weighted by molar-refractivity contribution is -0.116. The lowest BCUT2D eigenvalue weighted by Crippen LogP contribution is -2.16. The lowest BCUT2D eigenvalue weighted by atomic mass is 9.88. The zero-order valence-corrected chi connectivity index (χ0v) is 14.8. The average Bonchev–Trinajstić information content (AvgIpc) is 2.67. The summed E-state index contributed by atoms with van der Waals surface area (Å²) >= 11 is 0. The molecule has 0 saturated heterocycles. The Kier molecular flexibility index (Phi) is 5.82. The van der Waals surface area contributed by atoms with Crippen LogP contribution in [0.5, 0.6) is 0 Å². The fraction of sp³-hybridized carbons (Fsp3) is 0.174. The first-order chi connectivity index (χ1) is 12.6. The molecule has 0 aromatic heterocycles. The molecule has 0 aliphatic carbocycles. The highest BCUT2D eigenvalue weighted by molar-refractivity contribution is 5.91. The van der Waals surface area contributed by atoms with Gasteiger partial charge < -0.3 is 10.4 Å². The molecule has 0 fully saturated rings. The van der Waals surface area contributed by atoms with Gasteiger partial charge in [0.25, 0.3) is 0 Å². The summed E-state index contributed by atoms with van der Waals surface area (Å²) in [5, 5.41) is 12.7. The number of nitrogens with one attached hydrogen (secondary N) is 1. The quantitative estimate of drug-likeness (QED) is 0.667. The van der Waals surface area contributed by atoms with Crippen LogP contribution in [-0.2, 0) is 4.79 Å². The molecule has 1 amide bonds. The van der Waals surface area contributed by atoms with E-state index in [0.717, 1.165) is 16.7 Å². The summed E-state index contributed by atoms with van der Waals surface area (Å²) in [5.41, 5.74) is 3.72. The van der Waals surface area contributed by atoms with Crippen LogP contribution in [0.1, 0.15) is 42.1 Å². The molecule has 132 valence electrons. The lowest BCUT2D eigenvalue weighted by Gasteiger charge is -2.18. The first-order valence-corrected chi connectivity index (χ1v) is 8.81. The maximum Gasteiger partial charge on any atom is 0.225 e. The van der Waals surface area contributed by atoms with E-state index in [4.69, 9.17) is 0 Å². The predicted molar refractivity (Wildman–Crippen MR) is 105 cm³/mol. The van der Waals surface area contributed by atoms with Gasteiger partial charge in [-0.2, -0.15) is 0 Å². The summed E-state index contributed by atoms with van der Waals surface area (Å²) in [5.74, 6) is -0.0530. The monoisotopic (exact) mass is 345 g/mol. The van der Waals surface area contributed by atoms with Crippen LogP contribution in [0.4, 0.5) is 5.69 Å². The maximum absolute atomic E-state index is 12.7. The van der Waals surface area contributed by atoms with E-state index < -0.39 is 6.10 Å². The molecule has 3 aromatic rings. The maximum atomic E-state index is 12.7. The minimum atomic E-state index is -0.562. The molecule has 2 N–H and O–H groups in total. The number of anilines is 1. The summed E-state index contributed by atoms with van der Waals surface area (Å²) in [4.78, 5) is 12.7. The first-order valence-electron chi connectivity index (χ1n) is 8.81. The van der Waals surface area contributed by atoms with Gasteiger partial charge in [0, 0.05) is 18.0 Å². The minimum absolute atomic E-state index is 0.00246. The van der Waals surface area contributed by atoms with E-state index in [1.807, 2.05) is 60.7 Å². The van der Waals surface area contributed by atoms with Gasteiger partial charge in [-0.1, -0.05) is 72.8 Å². The highest BCUT2D eigenvalue weighted by atomic mass is 16.3. The molecule has 0 aliphatic heterocycles. The Morgan fingerprint density at radius 2 is 1.38 bits per heavy atom. The molecule has 0 bridgehead atoms. The highest BCUT2D eigenvalue weighted by Gasteiger charge is 2.18. The Bertz CT molecular complexity index is 805. The van der Waals surface area contributed by atoms with Crippen LogP contribution in [0.2, 0.25) is 0 Å². The highest BCUT2D eigenvalue weighted by Crippen LogP contribution is 2.28. The second-order valence-electron chi connectivity index (χ2n) is 6.43. The van der Waals surface area contributed by atoms with E-state index in [-0.39, 0.29) is 11.8 Å². The number of hydrogen-bond donors (Lipinski definition) is 2. The summed E-state index contributed by atoms with van der Waals surface area (Å²) in [7, 11) is 0. The van der Waals surface area contributed by atoms with Crippen LogP contribution in [0, 0.1) is 0 Å². The smallest absolute Gasteiger partial charge is 0.225 e. The molecule has 0 heterocycles. The first kappa shape index (κ1) is 17.9. The van der Waals surface area contributed by atoms with Gasteiger partial charge >= 0.3 is 0 Å². The Hall–Kier alpha value is -2.91. The zero-order chi connectivity index (χ0) is 18.4. The van der Waals surface area contributed by atoms with E-state index in [1.54, 1.807) is 6.92 Å². The van der Waals surface area contributed by atoms with Crippen molar-refractivity contribution in [1.82, 2.24) is 0 Å². The van der Waals surface area contributed by atoms with Crippen molar-refractivity contribution < 1.29 is 9.90 Å². The van der Waals surface area contributed by atoms with Gasteiger partial charge in [0.1, 0.15) is 0 Å². The van der Waals surface area contributed by atoms with Crippen LogP contribution in [0.15, 0.2) is 84.9 Å². The molecular weight excluding hydrogens is 322 g/mol. The van der Waals surface area contributed by atoms with Gasteiger partial charge in [-0.25, -0.2) is 0 Å². The number of amides is 1. The van der Waals surface area contributed by atoms with Gasteiger partial charge in [0.15, 0.2) is 0 Å². The summed E-state index contributed by atoms with van der Waals surface area (Å²) in [6, 6.07) is 27.5. The Morgan fingerprint density at radius 3 is 1.92 bits per heavy atom. The molecule has 3 rings (SSSR count). The predicted octanol–water partition coefficient (Wildman–Crippen LogP) is 4.90. The van der Waals surface area contributed by atoms with Crippen molar-refractivity contribution in [3.63, 3.8) is 0 Å².